The number of benzene rings is 2. The summed E-state index contributed by atoms with van der Waals surface area (Å²) in [6.45, 7) is 1.74. The van der Waals surface area contributed by atoms with Gasteiger partial charge in [0.25, 0.3) is 5.69 Å². The average molecular weight is 535 g/mol. The summed E-state index contributed by atoms with van der Waals surface area (Å²) in [6.07, 6.45) is -2.77. The van der Waals surface area contributed by atoms with Crippen molar-refractivity contribution in [2.45, 2.75) is 25.8 Å². The number of ether oxygens (including phenoxy) is 1. The smallest absolute Gasteiger partial charge is 0.361 e. The summed E-state index contributed by atoms with van der Waals surface area (Å²) in [7, 11) is 0. The van der Waals surface area contributed by atoms with Gasteiger partial charge in [0.15, 0.2) is 0 Å². The molecule has 2 aromatic carbocycles. The van der Waals surface area contributed by atoms with E-state index in [1.807, 2.05) is 30.3 Å². The van der Waals surface area contributed by atoms with Gasteiger partial charge < -0.3 is 14.2 Å². The lowest BCUT2D eigenvalue weighted by Gasteiger charge is -2.18. The first kappa shape index (κ1) is 25.8. The average Bonchev–Trinajstić information content (AvgIpc) is 3.55. The number of nitro groups is 1. The fraction of sp³-hybridized carbons (Fsp3) is 0.148. The summed E-state index contributed by atoms with van der Waals surface area (Å²) in [6, 6.07) is 17.2. The third-order valence-corrected chi connectivity index (χ3v) is 5.98. The molecule has 5 rings (SSSR count). The van der Waals surface area contributed by atoms with Crippen LogP contribution in [0.5, 0.6) is 0 Å². The Kier molecular flexibility index (Phi) is 6.94. The summed E-state index contributed by atoms with van der Waals surface area (Å²) in [4.78, 5) is 21.6. The van der Waals surface area contributed by atoms with Crippen molar-refractivity contribution in [3.63, 3.8) is 0 Å². The number of H-pyrrole nitrogens is 1. The van der Waals surface area contributed by atoms with E-state index < -0.39 is 22.9 Å². The normalized spacial score (nSPS) is 12.4. The van der Waals surface area contributed by atoms with E-state index in [2.05, 4.69) is 20.1 Å². The minimum Gasteiger partial charge on any atom is -0.361 e. The van der Waals surface area contributed by atoms with Crippen LogP contribution in [0, 0.1) is 17.0 Å². The van der Waals surface area contributed by atoms with Gasteiger partial charge in [-0.05, 0) is 30.7 Å². The maximum absolute atomic E-state index is 13.0. The number of aromatic amines is 1. The van der Waals surface area contributed by atoms with E-state index in [-0.39, 0.29) is 12.3 Å². The van der Waals surface area contributed by atoms with Crippen LogP contribution >= 0.6 is 0 Å². The number of aromatic nitrogens is 4. The minimum absolute atomic E-state index is 0.0479. The highest BCUT2D eigenvalue weighted by atomic mass is 19.4. The minimum atomic E-state index is -4.59. The molecular weight excluding hydrogens is 515 g/mol. The number of nitrogens with zero attached hydrogens (tertiary/aromatic N) is 4. The number of halogens is 3. The first-order valence-corrected chi connectivity index (χ1v) is 11.7. The number of imidazole rings is 1. The van der Waals surface area contributed by atoms with E-state index in [1.165, 1.54) is 30.3 Å². The molecule has 0 aliphatic carbocycles. The number of rotatable bonds is 8. The van der Waals surface area contributed by atoms with Crippen molar-refractivity contribution in [1.29, 1.82) is 0 Å². The van der Waals surface area contributed by atoms with Crippen molar-refractivity contribution >= 4 is 5.69 Å². The highest BCUT2D eigenvalue weighted by Crippen LogP contribution is 2.34. The van der Waals surface area contributed by atoms with Crippen molar-refractivity contribution < 1.29 is 27.4 Å². The Hall–Kier alpha value is -4.84. The molecule has 1 N–H and O–H groups in total. The standard InChI is InChI=1S/C27H20F3N5O4/c1-16-24(25(34-39-16)17-5-3-2-4-6-17)21-14-32-23(33-21)15-38-26(18-7-10-20(11-8-18)35(36)37)19-9-12-22(31-13-19)27(28,29)30/h2-14,26H,15H2,1H3,(H,32,33). The van der Waals surface area contributed by atoms with Crippen LogP contribution in [0.15, 0.2) is 83.6 Å². The van der Waals surface area contributed by atoms with Crippen molar-refractivity contribution in [2.75, 3.05) is 0 Å². The molecule has 5 aromatic rings. The van der Waals surface area contributed by atoms with Gasteiger partial charge in [-0.3, -0.25) is 15.1 Å². The molecule has 0 amide bonds. The molecule has 12 heteroatoms. The van der Waals surface area contributed by atoms with Gasteiger partial charge in [-0.1, -0.05) is 41.6 Å². The number of hydrogen-bond donors (Lipinski definition) is 1. The van der Waals surface area contributed by atoms with Crippen molar-refractivity contribution in [2.24, 2.45) is 0 Å². The fourth-order valence-electron chi connectivity index (χ4n) is 4.09. The molecule has 1 unspecified atom stereocenters. The van der Waals surface area contributed by atoms with E-state index >= 15 is 0 Å². The third kappa shape index (κ3) is 5.55. The molecule has 198 valence electrons. The van der Waals surface area contributed by atoms with Crippen LogP contribution in [0.2, 0.25) is 0 Å². The molecule has 0 aliphatic heterocycles. The van der Waals surface area contributed by atoms with Crippen LogP contribution in [0.1, 0.15) is 34.5 Å². The Morgan fingerprint density at radius 1 is 1.00 bits per heavy atom. The second kappa shape index (κ2) is 10.5. The topological polar surface area (TPSA) is 120 Å². The number of nitrogens with one attached hydrogen (secondary N) is 1. The van der Waals surface area contributed by atoms with Crippen molar-refractivity contribution in [3.05, 3.63) is 118 Å². The van der Waals surface area contributed by atoms with Gasteiger partial charge >= 0.3 is 6.18 Å². The number of alkyl halides is 3. The second-order valence-electron chi connectivity index (χ2n) is 8.59. The summed E-state index contributed by atoms with van der Waals surface area (Å²) < 4.78 is 50.6. The van der Waals surface area contributed by atoms with Gasteiger partial charge in [-0.25, -0.2) is 4.98 Å². The second-order valence-corrected chi connectivity index (χ2v) is 8.59. The molecule has 3 aromatic heterocycles. The first-order chi connectivity index (χ1) is 18.7. The highest BCUT2D eigenvalue weighted by molar-refractivity contribution is 5.79. The summed E-state index contributed by atoms with van der Waals surface area (Å²) in [5.74, 6) is 1.03. The molecule has 0 fully saturated rings. The van der Waals surface area contributed by atoms with Crippen molar-refractivity contribution in [3.8, 4) is 22.5 Å². The third-order valence-electron chi connectivity index (χ3n) is 5.98. The predicted molar refractivity (Wildman–Crippen MR) is 133 cm³/mol. The van der Waals surface area contributed by atoms with Gasteiger partial charge in [0.1, 0.15) is 35.7 Å². The number of nitro benzene ring substituents is 1. The zero-order valence-corrected chi connectivity index (χ0v) is 20.3. The molecule has 0 bridgehead atoms. The van der Waals surface area contributed by atoms with Gasteiger partial charge in [0.2, 0.25) is 0 Å². The SMILES string of the molecule is Cc1onc(-c2ccccc2)c1-c1cnc(COC(c2ccc([N+](=O)[O-])cc2)c2ccc(C(F)(F)F)nc2)[nH]1. The van der Waals surface area contributed by atoms with Crippen LogP contribution in [-0.2, 0) is 17.5 Å². The van der Waals surface area contributed by atoms with E-state index in [4.69, 9.17) is 9.26 Å². The largest absolute Gasteiger partial charge is 0.433 e. The quantitative estimate of drug-likeness (QED) is 0.174. The zero-order valence-electron chi connectivity index (χ0n) is 20.3. The lowest BCUT2D eigenvalue weighted by molar-refractivity contribution is -0.384. The van der Waals surface area contributed by atoms with Gasteiger partial charge in [0.05, 0.1) is 22.4 Å². The molecule has 0 saturated heterocycles. The number of pyridine rings is 1. The van der Waals surface area contributed by atoms with Crippen LogP contribution in [0.25, 0.3) is 22.5 Å². The van der Waals surface area contributed by atoms with Crippen molar-refractivity contribution in [1.82, 2.24) is 20.1 Å². The lowest BCUT2D eigenvalue weighted by atomic mass is 10.0. The van der Waals surface area contributed by atoms with E-state index in [0.717, 1.165) is 23.4 Å². The molecule has 0 aliphatic rings. The first-order valence-electron chi connectivity index (χ1n) is 11.7. The summed E-state index contributed by atoms with van der Waals surface area (Å²) in [5, 5.41) is 15.2. The Morgan fingerprint density at radius 3 is 2.36 bits per heavy atom. The molecular formula is C27H20F3N5O4. The molecule has 0 saturated carbocycles. The molecule has 0 radical (unpaired) electrons. The van der Waals surface area contributed by atoms with E-state index in [0.29, 0.717) is 34.1 Å². The van der Waals surface area contributed by atoms with Gasteiger partial charge in [-0.2, -0.15) is 13.2 Å². The van der Waals surface area contributed by atoms with E-state index in [9.17, 15) is 23.3 Å². The van der Waals surface area contributed by atoms with Crippen LogP contribution in [-0.4, -0.2) is 25.0 Å². The maximum atomic E-state index is 13.0. The number of non-ortho nitro benzene ring substituents is 1. The number of aryl methyl sites for hydroxylation is 1. The highest BCUT2D eigenvalue weighted by Gasteiger charge is 2.32. The zero-order chi connectivity index (χ0) is 27.6. The summed E-state index contributed by atoms with van der Waals surface area (Å²) in [5.41, 5.74) is 2.56. The van der Waals surface area contributed by atoms with Crippen LogP contribution in [0.4, 0.5) is 18.9 Å². The maximum Gasteiger partial charge on any atom is 0.433 e. The van der Waals surface area contributed by atoms with Gasteiger partial charge in [-0.15, -0.1) is 0 Å². The van der Waals surface area contributed by atoms with E-state index in [1.54, 1.807) is 13.1 Å². The molecule has 0 spiro atoms. The monoisotopic (exact) mass is 535 g/mol. The van der Waals surface area contributed by atoms with Crippen LogP contribution in [0.3, 0.4) is 0 Å². The Morgan fingerprint density at radius 2 is 1.72 bits per heavy atom. The van der Waals surface area contributed by atoms with Gasteiger partial charge in [0, 0.05) is 29.5 Å². The Bertz CT molecular complexity index is 1580. The Labute approximate surface area is 219 Å². The predicted octanol–water partition coefficient (Wildman–Crippen LogP) is 6.67. The lowest BCUT2D eigenvalue weighted by Crippen LogP contribution is -2.11. The fourth-order valence-corrected chi connectivity index (χ4v) is 4.09. The molecule has 3 heterocycles. The molecule has 1 atom stereocenters. The molecule has 9 nitrogen and oxygen atoms in total. The van der Waals surface area contributed by atoms with Crippen LogP contribution < -0.4 is 0 Å². The molecule has 39 heavy (non-hydrogen) atoms. The number of hydrogen-bond acceptors (Lipinski definition) is 7. The Balaban J connectivity index is 1.42. The summed E-state index contributed by atoms with van der Waals surface area (Å²) >= 11 is 0.